The number of sulfonamides is 1. The van der Waals surface area contributed by atoms with Crippen molar-refractivity contribution >= 4 is 22.3 Å². The van der Waals surface area contributed by atoms with Gasteiger partial charge < -0.3 is 9.53 Å². The summed E-state index contributed by atoms with van der Waals surface area (Å²) in [4.78, 5) is 22.5. The van der Waals surface area contributed by atoms with Crippen LogP contribution in [0.1, 0.15) is 23.2 Å². The Kier molecular flexibility index (Phi) is 4.20. The van der Waals surface area contributed by atoms with Gasteiger partial charge in [-0.25, -0.2) is 13.2 Å². The monoisotopic (exact) mass is 297 g/mol. The number of aldehydes is 1. The molecule has 20 heavy (non-hydrogen) atoms. The van der Waals surface area contributed by atoms with Crippen molar-refractivity contribution in [1.29, 1.82) is 0 Å². The van der Waals surface area contributed by atoms with Crippen LogP contribution in [0.2, 0.25) is 0 Å². The van der Waals surface area contributed by atoms with E-state index in [2.05, 4.69) is 4.74 Å². The van der Waals surface area contributed by atoms with Crippen LogP contribution in [-0.2, 0) is 19.6 Å². The molecule has 0 amide bonds. The van der Waals surface area contributed by atoms with Crippen LogP contribution in [-0.4, -0.2) is 44.7 Å². The van der Waals surface area contributed by atoms with Gasteiger partial charge in [0, 0.05) is 6.54 Å². The normalized spacial score (nSPS) is 19.8. The minimum atomic E-state index is -3.88. The van der Waals surface area contributed by atoms with Crippen molar-refractivity contribution in [2.75, 3.05) is 13.7 Å². The molecule has 1 fully saturated rings. The highest BCUT2D eigenvalue weighted by Crippen LogP contribution is 2.27. The summed E-state index contributed by atoms with van der Waals surface area (Å²) in [5.74, 6) is -0.717. The standard InChI is InChI=1S/C13H15NO5S/c1-19-13(16)11-6-2-3-7-12(11)20(17,18)14-8-4-5-10(14)9-15/h2-3,6-7,9-10H,4-5,8H2,1H3/t10-/m0/s1. The van der Waals surface area contributed by atoms with Crippen molar-refractivity contribution in [1.82, 2.24) is 4.31 Å². The number of nitrogens with zero attached hydrogens (tertiary/aromatic N) is 1. The maximum absolute atomic E-state index is 12.6. The van der Waals surface area contributed by atoms with Crippen LogP contribution in [0.25, 0.3) is 0 Å². The lowest BCUT2D eigenvalue weighted by molar-refractivity contribution is -0.110. The molecule has 0 N–H and O–H groups in total. The highest BCUT2D eigenvalue weighted by molar-refractivity contribution is 7.89. The number of carbonyl (C=O) groups excluding carboxylic acids is 2. The van der Waals surface area contributed by atoms with Crippen LogP contribution in [0, 0.1) is 0 Å². The molecule has 0 spiro atoms. The Hall–Kier alpha value is -1.73. The molecule has 1 heterocycles. The second-order valence-electron chi connectivity index (χ2n) is 4.45. The van der Waals surface area contributed by atoms with Crippen molar-refractivity contribution in [3.8, 4) is 0 Å². The quantitative estimate of drug-likeness (QED) is 0.607. The summed E-state index contributed by atoms with van der Waals surface area (Å²) in [5.41, 5.74) is -0.0217. The molecule has 2 rings (SSSR count). The highest BCUT2D eigenvalue weighted by atomic mass is 32.2. The summed E-state index contributed by atoms with van der Waals surface area (Å²) in [5, 5.41) is 0. The van der Waals surface area contributed by atoms with E-state index in [1.807, 2.05) is 0 Å². The molecule has 1 aliphatic heterocycles. The molecule has 6 nitrogen and oxygen atoms in total. The fraction of sp³-hybridized carbons (Fsp3) is 0.385. The fourth-order valence-electron chi connectivity index (χ4n) is 2.30. The lowest BCUT2D eigenvalue weighted by Gasteiger charge is -2.21. The van der Waals surface area contributed by atoms with Crippen molar-refractivity contribution < 1.29 is 22.7 Å². The molecule has 1 aliphatic rings. The summed E-state index contributed by atoms with van der Waals surface area (Å²) in [7, 11) is -2.69. The van der Waals surface area contributed by atoms with Crippen molar-refractivity contribution in [3.05, 3.63) is 29.8 Å². The molecular formula is C13H15NO5S. The van der Waals surface area contributed by atoms with Gasteiger partial charge in [0.2, 0.25) is 10.0 Å². The Morgan fingerprint density at radius 2 is 2.10 bits per heavy atom. The molecule has 0 saturated carbocycles. The zero-order chi connectivity index (χ0) is 14.8. The molecular weight excluding hydrogens is 282 g/mol. The number of benzene rings is 1. The van der Waals surface area contributed by atoms with Gasteiger partial charge in [0.05, 0.1) is 23.6 Å². The second kappa shape index (κ2) is 5.72. The molecule has 7 heteroatoms. The Balaban J connectivity index is 2.50. The van der Waals surface area contributed by atoms with Crippen LogP contribution in [0.4, 0.5) is 0 Å². The Bertz CT molecular complexity index is 625. The molecule has 0 unspecified atom stereocenters. The molecule has 0 aromatic heterocycles. The summed E-state index contributed by atoms with van der Waals surface area (Å²) in [6.07, 6.45) is 1.76. The predicted octanol–water partition coefficient (Wildman–Crippen LogP) is 0.825. The van der Waals surface area contributed by atoms with Gasteiger partial charge in [-0.1, -0.05) is 12.1 Å². The highest BCUT2D eigenvalue weighted by Gasteiger charge is 2.37. The van der Waals surface area contributed by atoms with E-state index in [4.69, 9.17) is 0 Å². The first-order chi connectivity index (χ1) is 9.52. The average Bonchev–Trinajstić information content (AvgIpc) is 2.95. The smallest absolute Gasteiger partial charge is 0.339 e. The van der Waals surface area contributed by atoms with Crippen molar-refractivity contribution in [2.24, 2.45) is 0 Å². The molecule has 0 radical (unpaired) electrons. The maximum Gasteiger partial charge on any atom is 0.339 e. The predicted molar refractivity (Wildman–Crippen MR) is 70.8 cm³/mol. The van der Waals surface area contributed by atoms with E-state index < -0.39 is 22.0 Å². The number of esters is 1. The van der Waals surface area contributed by atoms with Gasteiger partial charge in [0.1, 0.15) is 6.29 Å². The van der Waals surface area contributed by atoms with Crippen molar-refractivity contribution in [3.63, 3.8) is 0 Å². The minimum absolute atomic E-state index is 0.0217. The molecule has 1 aromatic carbocycles. The van der Waals surface area contributed by atoms with Gasteiger partial charge in [-0.3, -0.25) is 0 Å². The van der Waals surface area contributed by atoms with E-state index in [9.17, 15) is 18.0 Å². The van der Waals surface area contributed by atoms with E-state index in [-0.39, 0.29) is 17.0 Å². The van der Waals surface area contributed by atoms with E-state index in [0.717, 1.165) is 4.31 Å². The largest absolute Gasteiger partial charge is 0.465 e. The van der Waals surface area contributed by atoms with Crippen LogP contribution >= 0.6 is 0 Å². The first kappa shape index (κ1) is 14.7. The Labute approximate surface area is 117 Å². The third-order valence-electron chi connectivity index (χ3n) is 3.28. The van der Waals surface area contributed by atoms with E-state index in [0.29, 0.717) is 19.1 Å². The van der Waals surface area contributed by atoms with Gasteiger partial charge in [-0.15, -0.1) is 0 Å². The third kappa shape index (κ3) is 2.46. The zero-order valence-electron chi connectivity index (χ0n) is 11.0. The van der Waals surface area contributed by atoms with Crippen LogP contribution < -0.4 is 0 Å². The Morgan fingerprint density at radius 3 is 2.75 bits per heavy atom. The molecule has 0 bridgehead atoms. The fourth-order valence-corrected chi connectivity index (χ4v) is 4.11. The molecule has 1 saturated heterocycles. The van der Waals surface area contributed by atoms with E-state index in [1.54, 1.807) is 6.07 Å². The van der Waals surface area contributed by atoms with Gasteiger partial charge in [0.25, 0.3) is 0 Å². The van der Waals surface area contributed by atoms with Gasteiger partial charge in [0.15, 0.2) is 0 Å². The lowest BCUT2D eigenvalue weighted by Crippen LogP contribution is -2.37. The first-order valence-corrected chi connectivity index (χ1v) is 7.61. The molecule has 1 aromatic rings. The first-order valence-electron chi connectivity index (χ1n) is 6.17. The van der Waals surface area contributed by atoms with E-state index >= 15 is 0 Å². The summed E-state index contributed by atoms with van der Waals surface area (Å²) >= 11 is 0. The average molecular weight is 297 g/mol. The number of rotatable bonds is 4. The van der Waals surface area contributed by atoms with Gasteiger partial charge in [-0.2, -0.15) is 4.31 Å². The Morgan fingerprint density at radius 1 is 1.40 bits per heavy atom. The van der Waals surface area contributed by atoms with Gasteiger partial charge >= 0.3 is 5.97 Å². The van der Waals surface area contributed by atoms with Crippen molar-refractivity contribution in [2.45, 2.75) is 23.8 Å². The SMILES string of the molecule is COC(=O)c1ccccc1S(=O)(=O)N1CCC[C@H]1C=O. The number of hydrogen-bond acceptors (Lipinski definition) is 5. The van der Waals surface area contributed by atoms with Gasteiger partial charge in [-0.05, 0) is 25.0 Å². The third-order valence-corrected chi connectivity index (χ3v) is 5.27. The molecule has 1 atom stereocenters. The zero-order valence-corrected chi connectivity index (χ0v) is 11.8. The van der Waals surface area contributed by atoms with Crippen LogP contribution in [0.3, 0.4) is 0 Å². The molecule has 0 aliphatic carbocycles. The maximum atomic E-state index is 12.6. The topological polar surface area (TPSA) is 80.8 Å². The lowest BCUT2D eigenvalue weighted by atomic mass is 10.2. The number of ether oxygens (including phenoxy) is 1. The van der Waals surface area contributed by atoms with Crippen LogP contribution in [0.5, 0.6) is 0 Å². The summed E-state index contributed by atoms with van der Waals surface area (Å²) in [6.45, 7) is 0.279. The number of methoxy groups -OCH3 is 1. The number of hydrogen-bond donors (Lipinski definition) is 0. The molecule has 108 valence electrons. The summed E-state index contributed by atoms with van der Waals surface area (Å²) in [6, 6.07) is 5.18. The summed E-state index contributed by atoms with van der Waals surface area (Å²) < 4.78 is 30.9. The second-order valence-corrected chi connectivity index (χ2v) is 6.31. The number of carbonyl (C=O) groups is 2. The van der Waals surface area contributed by atoms with E-state index in [1.165, 1.54) is 25.3 Å². The minimum Gasteiger partial charge on any atom is -0.465 e. The van der Waals surface area contributed by atoms with Crippen LogP contribution in [0.15, 0.2) is 29.2 Å².